The zero-order valence-electron chi connectivity index (χ0n) is 23.5. The molecule has 218 valence electrons. The second-order valence-corrected chi connectivity index (χ2v) is 11.4. The Morgan fingerprint density at radius 3 is 2.61 bits per heavy atom. The summed E-state index contributed by atoms with van der Waals surface area (Å²) in [6.07, 6.45) is 10.9. The van der Waals surface area contributed by atoms with E-state index in [-0.39, 0.29) is 31.0 Å². The van der Waals surface area contributed by atoms with E-state index in [4.69, 9.17) is 4.74 Å². The molecule has 5 atom stereocenters. The lowest BCUT2D eigenvalue weighted by atomic mass is 9.77. The van der Waals surface area contributed by atoms with Gasteiger partial charge in [-0.25, -0.2) is 4.68 Å². The van der Waals surface area contributed by atoms with Gasteiger partial charge in [-0.3, -0.25) is 14.4 Å². The zero-order valence-corrected chi connectivity index (χ0v) is 23.5. The number of aliphatic hydroxyl groups is 1. The van der Waals surface area contributed by atoms with E-state index in [1.54, 1.807) is 19.4 Å². The first-order valence-electron chi connectivity index (χ1n) is 14.8. The topological polar surface area (TPSA) is 121 Å². The van der Waals surface area contributed by atoms with Gasteiger partial charge < -0.3 is 24.5 Å². The molecule has 3 amide bonds. The molecule has 4 aliphatic rings. The highest BCUT2D eigenvalue weighted by Crippen LogP contribution is 2.53. The standard InChI is InChI=1S/C30H38N6O5/c1-2-15-33-16-9-13-23-24(27(33)38)25-28(39)35(18-7-3-4-8-19-37)26-29(40)34(17-10-14-30(25,26)41-23)20-36-22-12-6-5-11-21(22)31-32-36/h5-6,9-14,23-26,37H,2-4,7-8,15-20H2,1H3/t23-,24+,25+,26?,30+/m1/s1. The Bertz CT molecular complexity index is 1370. The van der Waals surface area contributed by atoms with Crippen molar-refractivity contribution in [1.29, 1.82) is 0 Å². The molecule has 2 saturated heterocycles. The van der Waals surface area contributed by atoms with E-state index in [1.807, 2.05) is 55.5 Å². The summed E-state index contributed by atoms with van der Waals surface area (Å²) in [6.45, 7) is 4.14. The summed E-state index contributed by atoms with van der Waals surface area (Å²) < 4.78 is 8.40. The normalized spacial score (nSPS) is 29.2. The van der Waals surface area contributed by atoms with E-state index in [9.17, 15) is 19.5 Å². The minimum absolute atomic E-state index is 0.0864. The molecule has 0 saturated carbocycles. The van der Waals surface area contributed by atoms with Gasteiger partial charge in [0.25, 0.3) is 5.91 Å². The van der Waals surface area contributed by atoms with Crippen LogP contribution in [0.5, 0.6) is 0 Å². The van der Waals surface area contributed by atoms with Crippen LogP contribution < -0.4 is 0 Å². The van der Waals surface area contributed by atoms with Crippen molar-refractivity contribution in [1.82, 2.24) is 29.7 Å². The molecule has 6 rings (SSSR count). The van der Waals surface area contributed by atoms with Crippen LogP contribution in [-0.2, 0) is 25.8 Å². The molecular formula is C30H38N6O5. The molecule has 1 spiro atoms. The lowest BCUT2D eigenvalue weighted by Gasteiger charge is -2.35. The third kappa shape index (κ3) is 4.64. The first-order chi connectivity index (χ1) is 20.0. The number of nitrogens with zero attached hydrogens (tertiary/aromatic N) is 6. The number of fused-ring (bicyclic) bond motifs is 3. The van der Waals surface area contributed by atoms with Crippen molar-refractivity contribution in [3.63, 3.8) is 0 Å². The Morgan fingerprint density at radius 2 is 1.78 bits per heavy atom. The largest absolute Gasteiger partial charge is 0.396 e. The maximum Gasteiger partial charge on any atom is 0.250 e. The van der Waals surface area contributed by atoms with E-state index in [1.165, 1.54) is 0 Å². The van der Waals surface area contributed by atoms with Crippen molar-refractivity contribution in [2.24, 2.45) is 11.8 Å². The van der Waals surface area contributed by atoms with Crippen molar-refractivity contribution in [3.05, 3.63) is 48.6 Å². The molecule has 11 heteroatoms. The van der Waals surface area contributed by atoms with Crippen LogP contribution in [0.3, 0.4) is 0 Å². The molecule has 1 unspecified atom stereocenters. The lowest BCUT2D eigenvalue weighted by Crippen LogP contribution is -2.55. The molecule has 2 fully saturated rings. The summed E-state index contributed by atoms with van der Waals surface area (Å²) in [5.41, 5.74) is 0.322. The third-order valence-electron chi connectivity index (χ3n) is 8.85. The zero-order chi connectivity index (χ0) is 28.6. The number of unbranched alkanes of at least 4 members (excludes halogenated alkanes) is 3. The number of amides is 3. The van der Waals surface area contributed by atoms with Crippen molar-refractivity contribution < 1.29 is 24.2 Å². The molecule has 11 nitrogen and oxygen atoms in total. The fourth-order valence-electron chi connectivity index (χ4n) is 7.00. The fourth-order valence-corrected chi connectivity index (χ4v) is 7.00. The average molecular weight is 563 g/mol. The molecular weight excluding hydrogens is 524 g/mol. The van der Waals surface area contributed by atoms with Gasteiger partial charge in [-0.05, 0) is 31.4 Å². The number of carbonyl (C=O) groups is 3. The van der Waals surface area contributed by atoms with Crippen LogP contribution in [0.2, 0.25) is 0 Å². The number of hydrogen-bond donors (Lipinski definition) is 1. The minimum atomic E-state index is -1.23. The Balaban J connectivity index is 1.35. The van der Waals surface area contributed by atoms with Gasteiger partial charge in [0.05, 0.1) is 23.5 Å². The van der Waals surface area contributed by atoms with Crippen LogP contribution in [-0.4, -0.2) is 103 Å². The number of hydrogen-bond acceptors (Lipinski definition) is 7. The van der Waals surface area contributed by atoms with Crippen LogP contribution in [0, 0.1) is 11.8 Å². The Morgan fingerprint density at radius 1 is 0.976 bits per heavy atom. The summed E-state index contributed by atoms with van der Waals surface area (Å²) in [4.78, 5) is 47.7. The van der Waals surface area contributed by atoms with Gasteiger partial charge in [0.2, 0.25) is 11.8 Å². The van der Waals surface area contributed by atoms with E-state index < -0.39 is 29.6 Å². The van der Waals surface area contributed by atoms with E-state index in [2.05, 4.69) is 10.3 Å². The number of rotatable bonds is 10. The van der Waals surface area contributed by atoms with Gasteiger partial charge in [-0.15, -0.1) is 5.10 Å². The van der Waals surface area contributed by atoms with Crippen molar-refractivity contribution >= 4 is 28.8 Å². The highest BCUT2D eigenvalue weighted by atomic mass is 16.5. The quantitative estimate of drug-likeness (QED) is 0.346. The number of aliphatic hydroxyl groups excluding tert-OH is 1. The smallest absolute Gasteiger partial charge is 0.250 e. The van der Waals surface area contributed by atoms with E-state index in [0.717, 1.165) is 30.3 Å². The molecule has 1 N–H and O–H groups in total. The Hall–Kier alpha value is -3.57. The van der Waals surface area contributed by atoms with Gasteiger partial charge in [0, 0.05) is 32.8 Å². The molecule has 0 aliphatic carbocycles. The molecule has 0 bridgehead atoms. The van der Waals surface area contributed by atoms with Gasteiger partial charge in [0.15, 0.2) is 0 Å². The number of aromatic nitrogens is 3. The third-order valence-corrected chi connectivity index (χ3v) is 8.85. The van der Waals surface area contributed by atoms with Crippen LogP contribution in [0.15, 0.2) is 48.6 Å². The molecule has 41 heavy (non-hydrogen) atoms. The summed E-state index contributed by atoms with van der Waals surface area (Å²) in [6, 6.07) is 6.70. The highest BCUT2D eigenvalue weighted by Gasteiger charge is 2.71. The molecule has 1 aromatic carbocycles. The monoisotopic (exact) mass is 562 g/mol. The fraction of sp³-hybridized carbons (Fsp3) is 0.567. The molecule has 0 radical (unpaired) electrons. The van der Waals surface area contributed by atoms with Crippen LogP contribution in [0.1, 0.15) is 39.0 Å². The second kappa shape index (κ2) is 11.4. The van der Waals surface area contributed by atoms with Crippen LogP contribution in [0.4, 0.5) is 0 Å². The Labute approximate surface area is 239 Å². The van der Waals surface area contributed by atoms with Crippen LogP contribution in [0.25, 0.3) is 11.0 Å². The number of benzene rings is 1. The van der Waals surface area contributed by atoms with Gasteiger partial charge in [0.1, 0.15) is 23.8 Å². The maximum atomic E-state index is 14.4. The van der Waals surface area contributed by atoms with Gasteiger partial charge in [-0.1, -0.05) is 61.4 Å². The van der Waals surface area contributed by atoms with Crippen molar-refractivity contribution in [2.45, 2.75) is 63.4 Å². The predicted molar refractivity (Wildman–Crippen MR) is 150 cm³/mol. The number of carbonyl (C=O) groups excluding carboxylic acids is 3. The maximum absolute atomic E-state index is 14.4. The predicted octanol–water partition coefficient (Wildman–Crippen LogP) is 1.73. The first-order valence-corrected chi connectivity index (χ1v) is 14.8. The summed E-state index contributed by atoms with van der Waals surface area (Å²) in [5.74, 6) is -1.97. The van der Waals surface area contributed by atoms with E-state index >= 15 is 0 Å². The summed E-state index contributed by atoms with van der Waals surface area (Å²) in [5, 5.41) is 17.7. The van der Waals surface area contributed by atoms with Crippen LogP contribution >= 0.6 is 0 Å². The minimum Gasteiger partial charge on any atom is -0.396 e. The number of likely N-dealkylation sites (tertiary alicyclic amines) is 1. The molecule has 2 aromatic rings. The number of para-hydroxylation sites is 1. The molecule has 5 heterocycles. The highest BCUT2D eigenvalue weighted by molar-refractivity contribution is 5.99. The number of ether oxygens (including phenoxy) is 1. The SMILES string of the molecule is CCCN1CC=C[C@H]2O[C@]34C=CCN(Cn5nnc6ccccc65)C(=O)C3N(CCCCCCO)C(=O)[C@@H]4[C@H]2C1=O. The average Bonchev–Trinajstić information content (AvgIpc) is 3.52. The van der Waals surface area contributed by atoms with Crippen molar-refractivity contribution in [2.75, 3.05) is 32.8 Å². The van der Waals surface area contributed by atoms with Gasteiger partial charge >= 0.3 is 0 Å². The second-order valence-electron chi connectivity index (χ2n) is 11.4. The lowest BCUT2D eigenvalue weighted by molar-refractivity contribution is -0.149. The van der Waals surface area contributed by atoms with Crippen molar-refractivity contribution in [3.8, 4) is 0 Å². The summed E-state index contributed by atoms with van der Waals surface area (Å²) in [7, 11) is 0. The Kier molecular flexibility index (Phi) is 7.65. The molecule has 4 aliphatic heterocycles. The summed E-state index contributed by atoms with van der Waals surface area (Å²) >= 11 is 0. The van der Waals surface area contributed by atoms with E-state index in [0.29, 0.717) is 39.0 Å². The van der Waals surface area contributed by atoms with Gasteiger partial charge in [-0.2, -0.15) is 0 Å². The first kappa shape index (κ1) is 27.6. The molecule has 1 aromatic heterocycles.